The number of carbonyl (C=O) groups is 1. The summed E-state index contributed by atoms with van der Waals surface area (Å²) >= 11 is 0. The second-order valence-electron chi connectivity index (χ2n) is 3.91. The van der Waals surface area contributed by atoms with Crippen molar-refractivity contribution in [2.45, 2.75) is 40.5 Å². The van der Waals surface area contributed by atoms with Crippen LogP contribution in [0.4, 0.5) is 0 Å². The molecule has 0 spiro atoms. The van der Waals surface area contributed by atoms with E-state index in [1.165, 1.54) is 12.0 Å². The van der Waals surface area contributed by atoms with Crippen LogP contribution in [0.25, 0.3) is 0 Å². The summed E-state index contributed by atoms with van der Waals surface area (Å²) < 4.78 is 0. The van der Waals surface area contributed by atoms with E-state index in [1.54, 1.807) is 6.92 Å². The number of benzene rings is 1. The highest BCUT2D eigenvalue weighted by molar-refractivity contribution is 5.78. The van der Waals surface area contributed by atoms with Gasteiger partial charge in [0.05, 0.1) is 0 Å². The number of hydrogen-bond donors (Lipinski definition) is 0. The molecule has 0 aromatic heterocycles. The van der Waals surface area contributed by atoms with E-state index in [0.717, 1.165) is 6.42 Å². The predicted octanol–water partition coefficient (Wildman–Crippen LogP) is 3.87. The average molecular weight is 206 g/mol. The first-order valence-corrected chi connectivity index (χ1v) is 5.66. The Hall–Kier alpha value is -1.11. The van der Waals surface area contributed by atoms with Crippen molar-refractivity contribution >= 4 is 5.78 Å². The summed E-state index contributed by atoms with van der Waals surface area (Å²) in [5.41, 5.74) is 1.24. The molecule has 0 aliphatic rings. The van der Waals surface area contributed by atoms with Gasteiger partial charge in [0.25, 0.3) is 0 Å². The summed E-state index contributed by atoms with van der Waals surface area (Å²) in [5, 5.41) is 0. The second kappa shape index (κ2) is 8.22. The van der Waals surface area contributed by atoms with E-state index >= 15 is 0 Å². The molecule has 0 aliphatic heterocycles. The van der Waals surface area contributed by atoms with Crippen LogP contribution in [0.5, 0.6) is 0 Å². The summed E-state index contributed by atoms with van der Waals surface area (Å²) in [6.07, 6.45) is 2.11. The topological polar surface area (TPSA) is 17.1 Å². The molecular weight excluding hydrogens is 184 g/mol. The molecule has 1 atom stereocenters. The highest BCUT2D eigenvalue weighted by Gasteiger charge is 2.07. The minimum Gasteiger partial charge on any atom is -0.300 e. The lowest BCUT2D eigenvalue weighted by molar-refractivity contribution is -0.120. The van der Waals surface area contributed by atoms with Gasteiger partial charge >= 0.3 is 0 Å². The van der Waals surface area contributed by atoms with Gasteiger partial charge in [-0.3, -0.25) is 4.79 Å². The van der Waals surface area contributed by atoms with Crippen LogP contribution in [0.2, 0.25) is 0 Å². The molecule has 1 nitrogen and oxygen atoms in total. The van der Waals surface area contributed by atoms with Crippen LogP contribution < -0.4 is 0 Å². The highest BCUT2D eigenvalue weighted by atomic mass is 16.1. The second-order valence-corrected chi connectivity index (χ2v) is 3.91. The Bertz CT molecular complexity index is 264. The van der Waals surface area contributed by atoms with Crippen LogP contribution in [0, 0.1) is 5.92 Å². The quantitative estimate of drug-likeness (QED) is 0.733. The van der Waals surface area contributed by atoms with E-state index in [2.05, 4.69) is 26.0 Å². The molecule has 0 aliphatic carbocycles. The summed E-state index contributed by atoms with van der Waals surface area (Å²) in [6, 6.07) is 10.1. The van der Waals surface area contributed by atoms with Crippen molar-refractivity contribution in [1.82, 2.24) is 0 Å². The lowest BCUT2D eigenvalue weighted by atomic mass is 9.98. The number of rotatable bonds is 3. The third kappa shape index (κ3) is 6.89. The summed E-state index contributed by atoms with van der Waals surface area (Å²) in [4.78, 5) is 10.9. The van der Waals surface area contributed by atoms with Gasteiger partial charge in [-0.25, -0.2) is 0 Å². The van der Waals surface area contributed by atoms with Crippen LogP contribution in [0.15, 0.2) is 30.3 Å². The van der Waals surface area contributed by atoms with E-state index in [1.807, 2.05) is 25.1 Å². The van der Waals surface area contributed by atoms with Gasteiger partial charge in [0.15, 0.2) is 0 Å². The highest BCUT2D eigenvalue weighted by Crippen LogP contribution is 2.08. The standard InChI is InChI=1S/C11H14O.C3H8/c1-9(10(2)12)8-11-6-4-3-5-7-11;1-3-2/h3-7,9H,8H2,1-2H3;3H2,1-2H3. The molecule has 1 unspecified atom stereocenters. The number of carbonyl (C=O) groups excluding carboxylic acids is 1. The molecule has 1 heteroatoms. The van der Waals surface area contributed by atoms with Gasteiger partial charge in [0, 0.05) is 5.92 Å². The minimum absolute atomic E-state index is 0.146. The van der Waals surface area contributed by atoms with E-state index in [-0.39, 0.29) is 11.7 Å². The third-order valence-corrected chi connectivity index (χ3v) is 2.08. The van der Waals surface area contributed by atoms with Crippen LogP contribution >= 0.6 is 0 Å². The first-order chi connectivity index (χ1) is 7.11. The molecule has 0 fully saturated rings. The first kappa shape index (κ1) is 13.9. The smallest absolute Gasteiger partial charge is 0.132 e. The zero-order valence-corrected chi connectivity index (χ0v) is 10.3. The molecule has 15 heavy (non-hydrogen) atoms. The van der Waals surface area contributed by atoms with Gasteiger partial charge in [0.2, 0.25) is 0 Å². The fourth-order valence-corrected chi connectivity index (χ4v) is 1.11. The monoisotopic (exact) mass is 206 g/mol. The fourth-order valence-electron chi connectivity index (χ4n) is 1.11. The predicted molar refractivity (Wildman–Crippen MR) is 66.0 cm³/mol. The maximum absolute atomic E-state index is 10.9. The third-order valence-electron chi connectivity index (χ3n) is 2.08. The normalized spacial score (nSPS) is 11.2. The Morgan fingerprint density at radius 1 is 1.20 bits per heavy atom. The zero-order chi connectivity index (χ0) is 11.7. The molecule has 1 rings (SSSR count). The van der Waals surface area contributed by atoms with Crippen molar-refractivity contribution in [3.63, 3.8) is 0 Å². The summed E-state index contributed by atoms with van der Waals surface area (Å²) in [6.45, 7) is 7.86. The Kier molecular flexibility index (Phi) is 7.61. The van der Waals surface area contributed by atoms with Crippen molar-refractivity contribution in [2.75, 3.05) is 0 Å². The van der Waals surface area contributed by atoms with E-state index in [4.69, 9.17) is 0 Å². The molecule has 0 amide bonds. The molecule has 1 aromatic carbocycles. The molecule has 0 saturated carbocycles. The molecule has 0 N–H and O–H groups in total. The summed E-state index contributed by atoms with van der Waals surface area (Å²) in [5.74, 6) is 0.409. The van der Waals surface area contributed by atoms with Gasteiger partial charge < -0.3 is 0 Å². The van der Waals surface area contributed by atoms with Crippen molar-refractivity contribution in [2.24, 2.45) is 5.92 Å². The van der Waals surface area contributed by atoms with Crippen LogP contribution in [0.3, 0.4) is 0 Å². The molecular formula is C14H22O. The maximum atomic E-state index is 10.9. The van der Waals surface area contributed by atoms with Gasteiger partial charge in [-0.05, 0) is 18.9 Å². The molecule has 0 radical (unpaired) electrons. The zero-order valence-electron chi connectivity index (χ0n) is 10.3. The Morgan fingerprint density at radius 2 is 1.67 bits per heavy atom. The van der Waals surface area contributed by atoms with E-state index in [9.17, 15) is 4.79 Å². The van der Waals surface area contributed by atoms with E-state index < -0.39 is 0 Å². The fraction of sp³-hybridized carbons (Fsp3) is 0.500. The Labute approximate surface area is 93.5 Å². The van der Waals surface area contributed by atoms with Crippen molar-refractivity contribution in [3.05, 3.63) is 35.9 Å². The summed E-state index contributed by atoms with van der Waals surface area (Å²) in [7, 11) is 0. The van der Waals surface area contributed by atoms with Crippen LogP contribution in [-0.4, -0.2) is 5.78 Å². The molecule has 0 heterocycles. The van der Waals surface area contributed by atoms with Crippen molar-refractivity contribution < 1.29 is 4.79 Å². The maximum Gasteiger partial charge on any atom is 0.132 e. The van der Waals surface area contributed by atoms with Crippen LogP contribution in [-0.2, 0) is 11.2 Å². The van der Waals surface area contributed by atoms with Gasteiger partial charge in [-0.15, -0.1) is 0 Å². The molecule has 0 bridgehead atoms. The Balaban J connectivity index is 0.000000583. The lowest BCUT2D eigenvalue weighted by Gasteiger charge is -2.06. The molecule has 0 saturated heterocycles. The molecule has 1 aromatic rings. The number of ketones is 1. The minimum atomic E-state index is 0.146. The first-order valence-electron chi connectivity index (χ1n) is 5.66. The van der Waals surface area contributed by atoms with Gasteiger partial charge in [0.1, 0.15) is 5.78 Å². The average Bonchev–Trinajstić information content (AvgIpc) is 2.20. The number of hydrogen-bond acceptors (Lipinski definition) is 1. The van der Waals surface area contributed by atoms with Gasteiger partial charge in [-0.2, -0.15) is 0 Å². The Morgan fingerprint density at radius 3 is 2.07 bits per heavy atom. The SMILES string of the molecule is CC(=O)C(C)Cc1ccccc1.CCC. The molecule has 84 valence electrons. The van der Waals surface area contributed by atoms with Crippen molar-refractivity contribution in [1.29, 1.82) is 0 Å². The van der Waals surface area contributed by atoms with E-state index in [0.29, 0.717) is 0 Å². The van der Waals surface area contributed by atoms with Crippen molar-refractivity contribution in [3.8, 4) is 0 Å². The van der Waals surface area contributed by atoms with Crippen LogP contribution in [0.1, 0.15) is 39.7 Å². The van der Waals surface area contributed by atoms with Gasteiger partial charge in [-0.1, -0.05) is 57.5 Å². The largest absolute Gasteiger partial charge is 0.300 e. The lowest BCUT2D eigenvalue weighted by Crippen LogP contribution is -2.09. The number of Topliss-reactive ketones (excluding diaryl/α,β-unsaturated/α-hetero) is 1.